The summed E-state index contributed by atoms with van der Waals surface area (Å²) in [5.41, 5.74) is 4.41. The quantitative estimate of drug-likeness (QED) is 0.288. The number of anilines is 1. The van der Waals surface area contributed by atoms with Crippen molar-refractivity contribution in [3.8, 4) is 5.75 Å². The predicted molar refractivity (Wildman–Crippen MR) is 149 cm³/mol. The second kappa shape index (κ2) is 11.4. The van der Waals surface area contributed by atoms with E-state index >= 15 is 0 Å². The van der Waals surface area contributed by atoms with E-state index in [4.69, 9.17) is 21.4 Å². The van der Waals surface area contributed by atoms with E-state index in [1.54, 1.807) is 12.1 Å². The Morgan fingerprint density at radius 1 is 1.08 bits per heavy atom. The Morgan fingerprint density at radius 3 is 2.62 bits per heavy atom. The van der Waals surface area contributed by atoms with Gasteiger partial charge >= 0.3 is 0 Å². The Bertz CT molecular complexity index is 1370. The van der Waals surface area contributed by atoms with Gasteiger partial charge in [-0.3, -0.25) is 9.48 Å². The summed E-state index contributed by atoms with van der Waals surface area (Å²) < 4.78 is 7.94. The number of piperidine rings is 1. The number of nitrogens with zero attached hydrogens (tertiary/aromatic N) is 3. The third kappa shape index (κ3) is 6.32. The number of carbonyl (C=O) groups is 1. The molecule has 37 heavy (non-hydrogen) atoms. The van der Waals surface area contributed by atoms with Crippen LogP contribution in [0.4, 0.5) is 5.69 Å². The van der Waals surface area contributed by atoms with Gasteiger partial charge in [-0.1, -0.05) is 23.7 Å². The molecule has 5 rings (SSSR count). The van der Waals surface area contributed by atoms with Gasteiger partial charge in [0.15, 0.2) is 0 Å². The van der Waals surface area contributed by atoms with Gasteiger partial charge < -0.3 is 15.0 Å². The number of hydrogen-bond acceptors (Lipinski definition) is 4. The molecule has 0 aliphatic carbocycles. The molecule has 0 bridgehead atoms. The number of aryl methyl sites for hydroxylation is 2. The van der Waals surface area contributed by atoms with Crippen LogP contribution in [0.25, 0.3) is 10.9 Å². The molecule has 1 saturated heterocycles. The Kier molecular flexibility index (Phi) is 7.77. The first-order valence-electron chi connectivity index (χ1n) is 12.9. The summed E-state index contributed by atoms with van der Waals surface area (Å²) in [5, 5.41) is 9.64. The lowest BCUT2D eigenvalue weighted by Crippen LogP contribution is -2.30. The zero-order valence-electron chi connectivity index (χ0n) is 21.4. The number of ether oxygens (including phenoxy) is 1. The minimum atomic E-state index is -0.158. The number of rotatable bonds is 8. The van der Waals surface area contributed by atoms with Gasteiger partial charge in [0.05, 0.1) is 11.2 Å². The van der Waals surface area contributed by atoms with Crippen molar-refractivity contribution in [1.82, 2.24) is 14.7 Å². The highest BCUT2D eigenvalue weighted by molar-refractivity contribution is 6.30. The van der Waals surface area contributed by atoms with E-state index in [2.05, 4.69) is 21.9 Å². The van der Waals surface area contributed by atoms with Gasteiger partial charge in [-0.25, -0.2) is 0 Å². The monoisotopic (exact) mass is 516 g/mol. The van der Waals surface area contributed by atoms with Crippen molar-refractivity contribution in [2.24, 2.45) is 5.92 Å². The molecule has 2 heterocycles. The number of hydrogen-bond donors (Lipinski definition) is 1. The van der Waals surface area contributed by atoms with Crippen LogP contribution in [0.3, 0.4) is 0 Å². The van der Waals surface area contributed by atoms with Crippen molar-refractivity contribution in [2.45, 2.75) is 39.3 Å². The third-order valence-corrected chi connectivity index (χ3v) is 7.43. The maximum absolute atomic E-state index is 12.9. The van der Waals surface area contributed by atoms with Crippen LogP contribution in [-0.4, -0.2) is 40.7 Å². The maximum atomic E-state index is 12.9. The van der Waals surface area contributed by atoms with Crippen molar-refractivity contribution in [3.05, 3.63) is 88.6 Å². The van der Waals surface area contributed by atoms with E-state index in [9.17, 15) is 4.79 Å². The molecule has 1 aromatic heterocycles. The Morgan fingerprint density at radius 2 is 1.86 bits per heavy atom. The van der Waals surface area contributed by atoms with Gasteiger partial charge in [0.1, 0.15) is 12.4 Å². The number of carbonyl (C=O) groups excluding carboxylic acids is 1. The third-order valence-electron chi connectivity index (χ3n) is 7.19. The number of amides is 1. The summed E-state index contributed by atoms with van der Waals surface area (Å²) >= 11 is 6.04. The summed E-state index contributed by atoms with van der Waals surface area (Å²) in [6.07, 6.45) is 3.63. The fraction of sp³-hybridized carbons (Fsp3) is 0.333. The number of fused-ring (bicyclic) bond motifs is 1. The van der Waals surface area contributed by atoms with E-state index in [-0.39, 0.29) is 5.91 Å². The molecule has 192 valence electrons. The normalized spacial score (nSPS) is 14.7. The van der Waals surface area contributed by atoms with Crippen LogP contribution in [0, 0.1) is 12.8 Å². The van der Waals surface area contributed by atoms with Gasteiger partial charge in [-0.15, -0.1) is 0 Å². The second-order valence-electron chi connectivity index (χ2n) is 9.97. The Labute approximate surface area is 223 Å². The summed E-state index contributed by atoms with van der Waals surface area (Å²) in [6, 6.07) is 20.8. The van der Waals surface area contributed by atoms with E-state index in [1.165, 1.54) is 25.9 Å². The zero-order valence-corrected chi connectivity index (χ0v) is 22.2. The first-order chi connectivity index (χ1) is 17.9. The molecule has 0 spiro atoms. The molecular weight excluding hydrogens is 484 g/mol. The minimum Gasteiger partial charge on any atom is -0.489 e. The molecule has 7 heteroatoms. The van der Waals surface area contributed by atoms with E-state index in [0.717, 1.165) is 46.7 Å². The predicted octanol–water partition coefficient (Wildman–Crippen LogP) is 6.56. The van der Waals surface area contributed by atoms with Gasteiger partial charge in [0, 0.05) is 28.2 Å². The molecular formula is C30H33ClN4O2. The summed E-state index contributed by atoms with van der Waals surface area (Å²) in [7, 11) is 2.20. The van der Waals surface area contributed by atoms with Crippen LogP contribution in [0.5, 0.6) is 5.75 Å². The van der Waals surface area contributed by atoms with E-state index in [0.29, 0.717) is 22.9 Å². The highest BCUT2D eigenvalue weighted by Crippen LogP contribution is 2.26. The van der Waals surface area contributed by atoms with Crippen LogP contribution in [0.15, 0.2) is 66.7 Å². The lowest BCUT2D eigenvalue weighted by molar-refractivity contribution is 0.102. The van der Waals surface area contributed by atoms with Gasteiger partial charge in [0.2, 0.25) is 0 Å². The summed E-state index contributed by atoms with van der Waals surface area (Å²) in [6.45, 7) is 5.70. The molecule has 6 nitrogen and oxygen atoms in total. The number of aromatic nitrogens is 2. The van der Waals surface area contributed by atoms with Crippen molar-refractivity contribution < 1.29 is 9.53 Å². The van der Waals surface area contributed by atoms with Crippen LogP contribution in [0.1, 0.15) is 40.9 Å². The first-order valence-corrected chi connectivity index (χ1v) is 13.3. The van der Waals surface area contributed by atoms with Crippen molar-refractivity contribution in [3.63, 3.8) is 0 Å². The zero-order chi connectivity index (χ0) is 25.8. The number of nitrogens with one attached hydrogen (secondary N) is 1. The van der Waals surface area contributed by atoms with Crippen LogP contribution < -0.4 is 10.1 Å². The number of benzene rings is 3. The lowest BCUT2D eigenvalue weighted by atomic mass is 9.94. The Balaban J connectivity index is 1.22. The van der Waals surface area contributed by atoms with Gasteiger partial charge in [0.25, 0.3) is 5.91 Å². The molecule has 0 unspecified atom stereocenters. The molecule has 1 aliphatic heterocycles. The van der Waals surface area contributed by atoms with Crippen molar-refractivity contribution in [2.75, 3.05) is 25.5 Å². The molecule has 1 N–H and O–H groups in total. The first kappa shape index (κ1) is 25.3. The van der Waals surface area contributed by atoms with Crippen molar-refractivity contribution in [1.29, 1.82) is 0 Å². The number of likely N-dealkylation sites (tertiary alicyclic amines) is 1. The molecule has 0 atom stereocenters. The smallest absolute Gasteiger partial charge is 0.255 e. The molecule has 3 aromatic carbocycles. The molecule has 0 radical (unpaired) electrons. The van der Waals surface area contributed by atoms with E-state index < -0.39 is 0 Å². The molecule has 1 amide bonds. The van der Waals surface area contributed by atoms with Crippen LogP contribution in [0.2, 0.25) is 5.02 Å². The minimum absolute atomic E-state index is 0.158. The molecule has 1 fully saturated rings. The van der Waals surface area contributed by atoms with Gasteiger partial charge in [-0.2, -0.15) is 5.10 Å². The maximum Gasteiger partial charge on any atom is 0.255 e. The summed E-state index contributed by atoms with van der Waals surface area (Å²) in [4.78, 5) is 15.3. The fourth-order valence-corrected chi connectivity index (χ4v) is 5.16. The number of halogens is 1. The highest BCUT2D eigenvalue weighted by Gasteiger charge is 2.18. The average Bonchev–Trinajstić information content (AvgIpc) is 3.22. The van der Waals surface area contributed by atoms with Crippen LogP contribution >= 0.6 is 11.6 Å². The fourth-order valence-electron chi connectivity index (χ4n) is 4.94. The molecule has 1 aliphatic rings. The van der Waals surface area contributed by atoms with Gasteiger partial charge in [-0.05, 0) is 112 Å². The lowest BCUT2D eigenvalue weighted by Gasteiger charge is -2.28. The van der Waals surface area contributed by atoms with E-state index in [1.807, 2.05) is 61.5 Å². The summed E-state index contributed by atoms with van der Waals surface area (Å²) in [5.74, 6) is 1.29. The highest BCUT2D eigenvalue weighted by atomic mass is 35.5. The molecule has 0 saturated carbocycles. The SMILES string of the molecule is Cc1nn(CCC2CCN(C)CC2)c2cc(NC(=O)c3ccc(OCc4cccc(Cl)c4)cc3)ccc12. The average molecular weight is 517 g/mol. The topological polar surface area (TPSA) is 59.4 Å². The van der Waals surface area contributed by atoms with Crippen molar-refractivity contribution >= 4 is 34.1 Å². The largest absolute Gasteiger partial charge is 0.489 e. The van der Waals surface area contributed by atoms with Crippen LogP contribution in [-0.2, 0) is 13.2 Å². The standard InChI is InChI=1S/C30H33ClN4O2/c1-21-28-11-8-26(19-29(28)35(33-21)17-14-22-12-15-34(2)16-13-22)32-30(36)24-6-9-27(10-7-24)37-20-23-4-3-5-25(31)18-23/h3-11,18-19,22H,12-17,20H2,1-2H3,(H,32,36). The Hall–Kier alpha value is -3.35. The molecule has 4 aromatic rings. The second-order valence-corrected chi connectivity index (χ2v) is 10.4.